The third-order valence-electron chi connectivity index (χ3n) is 4.06. The van der Waals surface area contributed by atoms with Gasteiger partial charge in [0.05, 0.1) is 0 Å². The van der Waals surface area contributed by atoms with Crippen LogP contribution in [0.5, 0.6) is 0 Å². The summed E-state index contributed by atoms with van der Waals surface area (Å²) in [5, 5.41) is 7.88. The zero-order chi connectivity index (χ0) is 18.4. The SMILES string of the molecule is O=C(NCCN1CCNCC1)c1cccc(NS(=O)(=O)c2cccs2)c1. The molecule has 0 aliphatic carbocycles. The molecule has 1 fully saturated rings. The van der Waals surface area contributed by atoms with Crippen molar-refractivity contribution in [3.63, 3.8) is 0 Å². The summed E-state index contributed by atoms with van der Waals surface area (Å²) in [6.45, 7) is 5.27. The standard InChI is InChI=1S/C17H22N4O3S2/c22-17(19-8-11-21-9-6-18-7-10-21)14-3-1-4-15(13-14)20-26(23,24)16-5-2-12-25-16/h1-5,12-13,18,20H,6-11H2,(H,19,22). The second-order valence-electron chi connectivity index (χ2n) is 5.97. The van der Waals surface area contributed by atoms with Gasteiger partial charge in [0.1, 0.15) is 4.21 Å². The molecule has 1 aliphatic heterocycles. The summed E-state index contributed by atoms with van der Waals surface area (Å²) in [5.74, 6) is -0.211. The van der Waals surface area contributed by atoms with Gasteiger partial charge in [-0.05, 0) is 29.6 Å². The molecule has 0 radical (unpaired) electrons. The first-order valence-corrected chi connectivity index (χ1v) is 10.8. The fourth-order valence-corrected chi connectivity index (χ4v) is 4.75. The van der Waals surface area contributed by atoms with Crippen molar-refractivity contribution < 1.29 is 13.2 Å². The maximum atomic E-state index is 12.3. The van der Waals surface area contributed by atoms with E-state index in [9.17, 15) is 13.2 Å². The Kier molecular flexibility index (Phi) is 6.25. The smallest absolute Gasteiger partial charge is 0.271 e. The van der Waals surface area contributed by atoms with Crippen molar-refractivity contribution in [3.05, 3.63) is 47.3 Å². The normalized spacial score (nSPS) is 15.5. The van der Waals surface area contributed by atoms with Gasteiger partial charge in [0.2, 0.25) is 0 Å². The van der Waals surface area contributed by atoms with E-state index >= 15 is 0 Å². The number of amides is 1. The van der Waals surface area contributed by atoms with Gasteiger partial charge in [0, 0.05) is 50.5 Å². The molecule has 1 aliphatic rings. The summed E-state index contributed by atoms with van der Waals surface area (Å²) in [4.78, 5) is 14.6. The first-order chi connectivity index (χ1) is 12.5. The van der Waals surface area contributed by atoms with Crippen molar-refractivity contribution in [2.24, 2.45) is 0 Å². The van der Waals surface area contributed by atoms with Gasteiger partial charge in [0.15, 0.2) is 0 Å². The fourth-order valence-electron chi connectivity index (χ4n) is 2.71. The Morgan fingerprint density at radius 2 is 2.00 bits per heavy atom. The average molecular weight is 395 g/mol. The number of benzene rings is 1. The minimum Gasteiger partial charge on any atom is -0.351 e. The number of anilines is 1. The van der Waals surface area contributed by atoms with Gasteiger partial charge < -0.3 is 10.6 Å². The fraction of sp³-hybridized carbons (Fsp3) is 0.353. The van der Waals surface area contributed by atoms with Gasteiger partial charge >= 0.3 is 0 Å². The number of thiophene rings is 1. The van der Waals surface area contributed by atoms with E-state index in [4.69, 9.17) is 0 Å². The van der Waals surface area contributed by atoms with Gasteiger partial charge in [-0.25, -0.2) is 8.42 Å². The highest BCUT2D eigenvalue weighted by Gasteiger charge is 2.16. The Labute approximate surface area is 157 Å². The number of piperazine rings is 1. The summed E-state index contributed by atoms with van der Waals surface area (Å²) < 4.78 is 27.3. The zero-order valence-corrected chi connectivity index (χ0v) is 15.9. The first kappa shape index (κ1) is 18.8. The molecule has 2 aromatic rings. The summed E-state index contributed by atoms with van der Waals surface area (Å²) >= 11 is 1.15. The van der Waals surface area contributed by atoms with Crippen molar-refractivity contribution in [1.82, 2.24) is 15.5 Å². The number of nitrogens with zero attached hydrogens (tertiary/aromatic N) is 1. The number of nitrogens with one attached hydrogen (secondary N) is 3. The Morgan fingerprint density at radius 3 is 2.73 bits per heavy atom. The molecule has 1 saturated heterocycles. The van der Waals surface area contributed by atoms with E-state index in [0.717, 1.165) is 44.1 Å². The molecule has 0 bridgehead atoms. The van der Waals surface area contributed by atoms with Crippen LogP contribution in [0.3, 0.4) is 0 Å². The van der Waals surface area contributed by atoms with Gasteiger partial charge in [-0.15, -0.1) is 11.3 Å². The number of carbonyl (C=O) groups excluding carboxylic acids is 1. The molecular formula is C17H22N4O3S2. The van der Waals surface area contributed by atoms with E-state index in [1.165, 1.54) is 0 Å². The maximum Gasteiger partial charge on any atom is 0.271 e. The van der Waals surface area contributed by atoms with E-state index in [0.29, 0.717) is 17.8 Å². The Balaban J connectivity index is 1.57. The van der Waals surface area contributed by atoms with E-state index in [-0.39, 0.29) is 10.1 Å². The topological polar surface area (TPSA) is 90.5 Å². The molecule has 1 amide bonds. The molecule has 0 atom stereocenters. The van der Waals surface area contributed by atoms with Gasteiger partial charge in [-0.1, -0.05) is 12.1 Å². The average Bonchev–Trinajstić information content (AvgIpc) is 3.18. The number of hydrogen-bond donors (Lipinski definition) is 3. The molecule has 0 spiro atoms. The molecule has 7 nitrogen and oxygen atoms in total. The molecular weight excluding hydrogens is 372 g/mol. The van der Waals surface area contributed by atoms with Crippen LogP contribution < -0.4 is 15.4 Å². The number of carbonyl (C=O) groups is 1. The minimum absolute atomic E-state index is 0.211. The molecule has 0 saturated carbocycles. The van der Waals surface area contributed by atoms with Crippen LogP contribution in [0.2, 0.25) is 0 Å². The lowest BCUT2D eigenvalue weighted by Gasteiger charge is -2.27. The lowest BCUT2D eigenvalue weighted by atomic mass is 10.2. The Hall–Kier alpha value is -1.94. The van der Waals surface area contributed by atoms with E-state index in [1.807, 2.05) is 0 Å². The summed E-state index contributed by atoms with van der Waals surface area (Å²) in [7, 11) is -3.62. The molecule has 9 heteroatoms. The summed E-state index contributed by atoms with van der Waals surface area (Å²) in [6, 6.07) is 9.73. The molecule has 1 aromatic heterocycles. The van der Waals surface area contributed by atoms with Crippen molar-refractivity contribution in [1.29, 1.82) is 0 Å². The minimum atomic E-state index is -3.62. The van der Waals surface area contributed by atoms with Crippen molar-refractivity contribution in [2.75, 3.05) is 44.0 Å². The highest BCUT2D eigenvalue weighted by atomic mass is 32.2. The van der Waals surface area contributed by atoms with Gasteiger partial charge in [0.25, 0.3) is 15.9 Å². The van der Waals surface area contributed by atoms with Gasteiger partial charge in [-0.2, -0.15) is 0 Å². The van der Waals surface area contributed by atoms with Gasteiger partial charge in [-0.3, -0.25) is 14.4 Å². The van der Waals surface area contributed by atoms with E-state index in [1.54, 1.807) is 41.8 Å². The van der Waals surface area contributed by atoms with Crippen LogP contribution in [-0.2, 0) is 10.0 Å². The van der Waals surface area contributed by atoms with Crippen LogP contribution in [0.4, 0.5) is 5.69 Å². The predicted molar refractivity (Wildman–Crippen MR) is 103 cm³/mol. The quantitative estimate of drug-likeness (QED) is 0.656. The van der Waals surface area contributed by atoms with Crippen molar-refractivity contribution in [2.45, 2.75) is 4.21 Å². The third-order valence-corrected chi connectivity index (χ3v) is 6.84. The lowest BCUT2D eigenvalue weighted by molar-refractivity contribution is 0.0947. The second-order valence-corrected chi connectivity index (χ2v) is 8.82. The monoisotopic (exact) mass is 394 g/mol. The number of hydrogen-bond acceptors (Lipinski definition) is 6. The molecule has 1 aromatic carbocycles. The zero-order valence-electron chi connectivity index (χ0n) is 14.3. The third kappa shape index (κ3) is 5.04. The molecule has 3 N–H and O–H groups in total. The van der Waals surface area contributed by atoms with Crippen LogP contribution in [-0.4, -0.2) is 58.5 Å². The Morgan fingerprint density at radius 1 is 1.19 bits per heavy atom. The summed E-state index contributed by atoms with van der Waals surface area (Å²) in [5.41, 5.74) is 0.796. The predicted octanol–water partition coefficient (Wildman–Crippen LogP) is 1.18. The van der Waals surface area contributed by atoms with Crippen LogP contribution in [0, 0.1) is 0 Å². The molecule has 3 rings (SSSR count). The van der Waals surface area contributed by atoms with E-state index in [2.05, 4.69) is 20.3 Å². The van der Waals surface area contributed by atoms with Crippen LogP contribution in [0.15, 0.2) is 46.0 Å². The first-order valence-electron chi connectivity index (χ1n) is 8.42. The number of sulfonamides is 1. The number of rotatable bonds is 7. The maximum absolute atomic E-state index is 12.3. The van der Waals surface area contributed by atoms with Crippen molar-refractivity contribution in [3.8, 4) is 0 Å². The largest absolute Gasteiger partial charge is 0.351 e. The molecule has 0 unspecified atom stereocenters. The molecule has 140 valence electrons. The summed E-state index contributed by atoms with van der Waals surface area (Å²) in [6.07, 6.45) is 0. The van der Waals surface area contributed by atoms with Crippen molar-refractivity contribution >= 4 is 33.0 Å². The van der Waals surface area contributed by atoms with Crippen LogP contribution >= 0.6 is 11.3 Å². The highest BCUT2D eigenvalue weighted by Crippen LogP contribution is 2.20. The van der Waals surface area contributed by atoms with E-state index < -0.39 is 10.0 Å². The lowest BCUT2D eigenvalue weighted by Crippen LogP contribution is -2.46. The molecule has 26 heavy (non-hydrogen) atoms. The molecule has 2 heterocycles. The highest BCUT2D eigenvalue weighted by molar-refractivity contribution is 7.94. The Bertz CT molecular complexity index is 831. The van der Waals surface area contributed by atoms with Crippen LogP contribution in [0.1, 0.15) is 10.4 Å². The van der Waals surface area contributed by atoms with Crippen LogP contribution in [0.25, 0.3) is 0 Å². The second kappa shape index (κ2) is 8.63.